The molecule has 3 unspecified atom stereocenters. The molecule has 0 saturated carbocycles. The van der Waals surface area contributed by atoms with Crippen molar-refractivity contribution >= 4 is 28.3 Å². The summed E-state index contributed by atoms with van der Waals surface area (Å²) >= 11 is 0. The third-order valence-corrected chi connectivity index (χ3v) is 6.43. The molecule has 0 bridgehead atoms. The number of nitrogens with zero attached hydrogens (tertiary/aromatic N) is 2. The van der Waals surface area contributed by atoms with Crippen LogP contribution in [0.4, 0.5) is 5.69 Å². The van der Waals surface area contributed by atoms with Crippen molar-refractivity contribution in [2.75, 3.05) is 18.1 Å². The number of benzene rings is 2. The van der Waals surface area contributed by atoms with Gasteiger partial charge >= 0.3 is 0 Å². The summed E-state index contributed by atoms with van der Waals surface area (Å²) in [6.07, 6.45) is 5.72. The number of carbonyl (C=O) groups is 1. The highest BCUT2D eigenvalue weighted by Gasteiger charge is 2.25. The van der Waals surface area contributed by atoms with Crippen LogP contribution in [0.25, 0.3) is 16.8 Å². The van der Waals surface area contributed by atoms with E-state index < -0.39 is 6.10 Å². The number of nitriles is 1. The van der Waals surface area contributed by atoms with Gasteiger partial charge in [0.2, 0.25) is 0 Å². The molecule has 2 aromatic carbocycles. The van der Waals surface area contributed by atoms with Crippen LogP contribution in [0.3, 0.4) is 0 Å². The van der Waals surface area contributed by atoms with E-state index in [2.05, 4.69) is 36.9 Å². The molecule has 0 radical (unpaired) electrons. The second-order valence-corrected chi connectivity index (χ2v) is 9.02. The first kappa shape index (κ1) is 24.0. The van der Waals surface area contributed by atoms with Gasteiger partial charge in [0.1, 0.15) is 6.07 Å². The first-order chi connectivity index (χ1) is 15.4. The molecule has 1 heterocycles. The first-order valence-corrected chi connectivity index (χ1v) is 11.7. The molecule has 0 aliphatic carbocycles. The number of carbonyl (C=O) groups excluding carboxylic acids is 1. The van der Waals surface area contributed by atoms with Gasteiger partial charge in [-0.15, -0.1) is 0 Å². The molecule has 0 spiro atoms. The molecule has 1 aliphatic heterocycles. The Balaban J connectivity index is 1.80. The Labute approximate surface area is 191 Å². The maximum absolute atomic E-state index is 12.3. The van der Waals surface area contributed by atoms with Crippen LogP contribution in [0.15, 0.2) is 42.0 Å². The molecule has 170 valence electrons. The van der Waals surface area contributed by atoms with Crippen molar-refractivity contribution < 1.29 is 15.0 Å². The molecular weight excluding hydrogens is 400 g/mol. The van der Waals surface area contributed by atoms with Crippen molar-refractivity contribution in [3.8, 4) is 6.07 Å². The van der Waals surface area contributed by atoms with E-state index in [0.29, 0.717) is 6.04 Å². The molecule has 1 fully saturated rings. The monoisotopic (exact) mass is 434 g/mol. The summed E-state index contributed by atoms with van der Waals surface area (Å²) in [6.45, 7) is 5.31. The van der Waals surface area contributed by atoms with Gasteiger partial charge in [0, 0.05) is 24.7 Å². The predicted octanol–water partition coefficient (Wildman–Crippen LogP) is 4.85. The van der Waals surface area contributed by atoms with E-state index in [1.54, 1.807) is 6.08 Å². The zero-order chi connectivity index (χ0) is 23.1. The van der Waals surface area contributed by atoms with Gasteiger partial charge in [-0.3, -0.25) is 4.79 Å². The third kappa shape index (κ3) is 5.97. The van der Waals surface area contributed by atoms with Crippen molar-refractivity contribution in [3.05, 3.63) is 47.5 Å². The summed E-state index contributed by atoms with van der Waals surface area (Å²) in [6, 6.07) is 15.1. The molecule has 32 heavy (non-hydrogen) atoms. The van der Waals surface area contributed by atoms with Gasteiger partial charge < -0.3 is 15.1 Å². The number of fused-ring (bicyclic) bond motifs is 1. The van der Waals surface area contributed by atoms with Gasteiger partial charge in [-0.05, 0) is 72.2 Å². The van der Waals surface area contributed by atoms with Crippen molar-refractivity contribution in [3.63, 3.8) is 0 Å². The molecule has 3 atom stereocenters. The SMILES string of the molecule is CCCC1CC(C)CCN1c1ccc2cc(/C=C(\C#N)C(=O)CCC(O)CO)ccc2c1. The number of ketones is 1. The molecule has 2 aromatic rings. The van der Waals surface area contributed by atoms with Crippen LogP contribution in [0, 0.1) is 17.2 Å². The number of Topliss-reactive ketones (excluding diaryl/α,β-unsaturated/α-hetero) is 1. The topological polar surface area (TPSA) is 84.6 Å². The summed E-state index contributed by atoms with van der Waals surface area (Å²) < 4.78 is 0. The van der Waals surface area contributed by atoms with Gasteiger partial charge in [0.05, 0.1) is 18.3 Å². The number of piperidine rings is 1. The maximum Gasteiger partial charge on any atom is 0.173 e. The highest BCUT2D eigenvalue weighted by atomic mass is 16.3. The van der Waals surface area contributed by atoms with Gasteiger partial charge in [-0.1, -0.05) is 38.5 Å². The minimum Gasteiger partial charge on any atom is -0.394 e. The van der Waals surface area contributed by atoms with Crippen LogP contribution in [-0.2, 0) is 4.79 Å². The van der Waals surface area contributed by atoms with Gasteiger partial charge in [-0.2, -0.15) is 5.26 Å². The number of hydrogen-bond acceptors (Lipinski definition) is 5. The molecule has 3 rings (SSSR count). The third-order valence-electron chi connectivity index (χ3n) is 6.43. The lowest BCUT2D eigenvalue weighted by molar-refractivity contribution is -0.115. The number of aliphatic hydroxyl groups is 2. The predicted molar refractivity (Wildman–Crippen MR) is 129 cm³/mol. The summed E-state index contributed by atoms with van der Waals surface area (Å²) in [5.74, 6) is 0.457. The van der Waals surface area contributed by atoms with E-state index in [1.165, 1.54) is 31.4 Å². The van der Waals surface area contributed by atoms with Crippen LogP contribution in [0.5, 0.6) is 0 Å². The fourth-order valence-electron chi connectivity index (χ4n) is 4.58. The van der Waals surface area contributed by atoms with Crippen molar-refractivity contribution in [2.45, 2.75) is 64.5 Å². The Kier molecular flexibility index (Phi) is 8.44. The van der Waals surface area contributed by atoms with Crippen molar-refractivity contribution in [2.24, 2.45) is 5.92 Å². The van der Waals surface area contributed by atoms with Crippen LogP contribution < -0.4 is 4.90 Å². The minimum absolute atomic E-state index is 0.0332. The lowest BCUT2D eigenvalue weighted by Gasteiger charge is -2.40. The highest BCUT2D eigenvalue weighted by molar-refractivity contribution is 6.03. The molecule has 2 N–H and O–H groups in total. The van der Waals surface area contributed by atoms with E-state index in [4.69, 9.17) is 5.11 Å². The van der Waals surface area contributed by atoms with E-state index >= 15 is 0 Å². The second-order valence-electron chi connectivity index (χ2n) is 9.02. The molecular formula is C27H34N2O3. The van der Waals surface area contributed by atoms with Crippen LogP contribution >= 0.6 is 0 Å². The second kappa shape index (κ2) is 11.3. The van der Waals surface area contributed by atoms with E-state index in [-0.39, 0.29) is 30.8 Å². The van der Waals surface area contributed by atoms with Crippen molar-refractivity contribution in [1.82, 2.24) is 0 Å². The summed E-state index contributed by atoms with van der Waals surface area (Å²) in [4.78, 5) is 14.9. The average molecular weight is 435 g/mol. The van der Waals surface area contributed by atoms with Crippen LogP contribution in [-0.4, -0.2) is 41.3 Å². The standard InChI is InChI=1S/C27H34N2O3/c1-3-4-24-13-19(2)11-12-29(24)25-8-7-21-14-20(5-6-22(21)16-25)15-23(17-28)27(32)10-9-26(31)18-30/h5-8,14-16,19,24,26,30-31H,3-4,9-13,18H2,1-2H3/b23-15+. The van der Waals surface area contributed by atoms with E-state index in [1.807, 2.05) is 24.3 Å². The first-order valence-electron chi connectivity index (χ1n) is 11.7. The molecule has 5 nitrogen and oxygen atoms in total. The largest absolute Gasteiger partial charge is 0.394 e. The summed E-state index contributed by atoms with van der Waals surface area (Å²) in [7, 11) is 0. The molecule has 1 saturated heterocycles. The number of hydrogen-bond donors (Lipinski definition) is 2. The quantitative estimate of drug-likeness (QED) is 0.435. The van der Waals surface area contributed by atoms with Crippen molar-refractivity contribution in [1.29, 1.82) is 5.26 Å². The van der Waals surface area contributed by atoms with Gasteiger partial charge in [-0.25, -0.2) is 0 Å². The number of anilines is 1. The number of allylic oxidation sites excluding steroid dienone is 1. The normalized spacial score (nSPS) is 20.2. The minimum atomic E-state index is -0.936. The molecule has 0 amide bonds. The highest BCUT2D eigenvalue weighted by Crippen LogP contribution is 2.32. The fraction of sp³-hybridized carbons (Fsp3) is 0.481. The van der Waals surface area contributed by atoms with Crippen LogP contribution in [0.2, 0.25) is 0 Å². The van der Waals surface area contributed by atoms with E-state index in [9.17, 15) is 15.2 Å². The fourth-order valence-corrected chi connectivity index (χ4v) is 4.58. The lowest BCUT2D eigenvalue weighted by atomic mass is 9.89. The summed E-state index contributed by atoms with van der Waals surface area (Å²) in [5, 5.41) is 29.9. The number of rotatable bonds is 9. The Morgan fingerprint density at radius 2 is 2.03 bits per heavy atom. The molecule has 1 aliphatic rings. The number of aliphatic hydroxyl groups excluding tert-OH is 2. The Morgan fingerprint density at radius 3 is 2.75 bits per heavy atom. The van der Waals surface area contributed by atoms with E-state index in [0.717, 1.165) is 28.8 Å². The molecule has 0 aromatic heterocycles. The summed E-state index contributed by atoms with van der Waals surface area (Å²) in [5.41, 5.74) is 2.13. The molecule has 5 heteroatoms. The zero-order valence-corrected chi connectivity index (χ0v) is 19.1. The Bertz CT molecular complexity index is 1010. The smallest absolute Gasteiger partial charge is 0.173 e. The maximum atomic E-state index is 12.3. The Morgan fingerprint density at radius 1 is 1.28 bits per heavy atom. The van der Waals surface area contributed by atoms with Gasteiger partial charge in [0.15, 0.2) is 5.78 Å². The lowest BCUT2D eigenvalue weighted by Crippen LogP contribution is -2.42. The Hall–Kier alpha value is -2.68. The average Bonchev–Trinajstić information content (AvgIpc) is 2.80. The van der Waals surface area contributed by atoms with Gasteiger partial charge in [0.25, 0.3) is 0 Å². The van der Waals surface area contributed by atoms with Crippen LogP contribution in [0.1, 0.15) is 57.9 Å². The zero-order valence-electron chi connectivity index (χ0n) is 19.1.